The number of halogens is 1. The summed E-state index contributed by atoms with van der Waals surface area (Å²) in [5, 5.41) is 2.40. The van der Waals surface area contributed by atoms with Gasteiger partial charge < -0.3 is 5.32 Å². The van der Waals surface area contributed by atoms with Crippen molar-refractivity contribution in [2.24, 2.45) is 0 Å². The second kappa shape index (κ2) is 5.01. The van der Waals surface area contributed by atoms with Gasteiger partial charge in [0.15, 0.2) is 0 Å². The normalized spacial score (nSPS) is 17.6. The molecule has 0 aliphatic carbocycles. The average Bonchev–Trinajstić information content (AvgIpc) is 2.35. The Morgan fingerprint density at radius 1 is 1.32 bits per heavy atom. The SMILES string of the molecule is CC(=O)N1CC(=O)N/C(=C\c2ccc(F)cc2)C1=O. The van der Waals surface area contributed by atoms with E-state index in [2.05, 4.69) is 5.32 Å². The summed E-state index contributed by atoms with van der Waals surface area (Å²) in [6, 6.07) is 5.41. The molecule has 3 amide bonds. The fourth-order valence-corrected chi connectivity index (χ4v) is 1.68. The van der Waals surface area contributed by atoms with E-state index in [1.807, 2.05) is 0 Å². The summed E-state index contributed by atoms with van der Waals surface area (Å²) >= 11 is 0. The van der Waals surface area contributed by atoms with E-state index in [0.29, 0.717) is 5.56 Å². The molecule has 5 nitrogen and oxygen atoms in total. The Hall–Kier alpha value is -2.50. The summed E-state index contributed by atoms with van der Waals surface area (Å²) in [5.74, 6) is -1.91. The van der Waals surface area contributed by atoms with E-state index in [1.54, 1.807) is 0 Å². The molecule has 19 heavy (non-hydrogen) atoms. The van der Waals surface area contributed by atoms with Crippen molar-refractivity contribution in [3.63, 3.8) is 0 Å². The van der Waals surface area contributed by atoms with Gasteiger partial charge in [0.1, 0.15) is 18.1 Å². The van der Waals surface area contributed by atoms with E-state index in [-0.39, 0.29) is 12.2 Å². The Bertz CT molecular complexity index is 578. The lowest BCUT2D eigenvalue weighted by molar-refractivity contribution is -0.147. The van der Waals surface area contributed by atoms with Crippen LogP contribution in [0.5, 0.6) is 0 Å². The molecule has 1 aliphatic rings. The molecule has 0 aromatic heterocycles. The number of piperazine rings is 1. The van der Waals surface area contributed by atoms with Crippen molar-refractivity contribution >= 4 is 23.8 Å². The maximum Gasteiger partial charge on any atom is 0.277 e. The number of hydrogen-bond donors (Lipinski definition) is 1. The van der Waals surface area contributed by atoms with Crippen LogP contribution in [0.15, 0.2) is 30.0 Å². The third-order valence-corrected chi connectivity index (χ3v) is 2.61. The smallest absolute Gasteiger partial charge is 0.277 e. The summed E-state index contributed by atoms with van der Waals surface area (Å²) in [5.41, 5.74) is 0.550. The molecule has 0 spiro atoms. The first-order chi connectivity index (χ1) is 8.97. The minimum Gasteiger partial charge on any atom is -0.320 e. The lowest BCUT2D eigenvalue weighted by Gasteiger charge is -2.25. The molecule has 0 bridgehead atoms. The first-order valence-corrected chi connectivity index (χ1v) is 5.57. The second-order valence-corrected chi connectivity index (χ2v) is 4.07. The highest BCUT2D eigenvalue weighted by molar-refractivity contribution is 6.12. The summed E-state index contributed by atoms with van der Waals surface area (Å²) in [6.07, 6.45) is 1.40. The minimum absolute atomic E-state index is 0.00180. The number of carbonyl (C=O) groups is 3. The Balaban J connectivity index is 2.32. The summed E-state index contributed by atoms with van der Waals surface area (Å²) < 4.78 is 12.8. The van der Waals surface area contributed by atoms with Crippen molar-refractivity contribution in [3.8, 4) is 0 Å². The lowest BCUT2D eigenvalue weighted by atomic mass is 10.1. The predicted octanol–water partition coefficient (Wildman–Crippen LogP) is 0.671. The molecule has 1 heterocycles. The van der Waals surface area contributed by atoms with Crippen molar-refractivity contribution in [3.05, 3.63) is 41.3 Å². The molecule has 0 saturated carbocycles. The van der Waals surface area contributed by atoms with Crippen LogP contribution in [0.1, 0.15) is 12.5 Å². The number of hydrogen-bond acceptors (Lipinski definition) is 3. The highest BCUT2D eigenvalue weighted by Gasteiger charge is 2.30. The first-order valence-electron chi connectivity index (χ1n) is 5.57. The van der Waals surface area contributed by atoms with Crippen molar-refractivity contribution in [1.82, 2.24) is 10.2 Å². The number of benzene rings is 1. The lowest BCUT2D eigenvalue weighted by Crippen LogP contribution is -2.51. The van der Waals surface area contributed by atoms with Gasteiger partial charge in [-0.05, 0) is 23.8 Å². The Morgan fingerprint density at radius 2 is 1.95 bits per heavy atom. The van der Waals surface area contributed by atoms with Crippen LogP contribution < -0.4 is 5.32 Å². The van der Waals surface area contributed by atoms with Gasteiger partial charge in [-0.2, -0.15) is 0 Å². The van der Waals surface area contributed by atoms with E-state index in [0.717, 1.165) is 4.90 Å². The Morgan fingerprint density at radius 3 is 2.53 bits per heavy atom. The van der Waals surface area contributed by atoms with Gasteiger partial charge in [0, 0.05) is 6.92 Å². The number of amides is 3. The van der Waals surface area contributed by atoms with Gasteiger partial charge in [0.25, 0.3) is 5.91 Å². The van der Waals surface area contributed by atoms with Gasteiger partial charge >= 0.3 is 0 Å². The second-order valence-electron chi connectivity index (χ2n) is 4.07. The molecule has 0 radical (unpaired) electrons. The van der Waals surface area contributed by atoms with Gasteiger partial charge in [0.05, 0.1) is 0 Å². The van der Waals surface area contributed by atoms with Gasteiger partial charge in [0.2, 0.25) is 11.8 Å². The molecular formula is C13H11FN2O3. The number of nitrogens with one attached hydrogen (secondary N) is 1. The zero-order chi connectivity index (χ0) is 14.0. The minimum atomic E-state index is -0.573. The molecule has 1 fully saturated rings. The summed E-state index contributed by atoms with van der Waals surface area (Å²) in [4.78, 5) is 35.5. The monoisotopic (exact) mass is 262 g/mol. The topological polar surface area (TPSA) is 66.5 Å². The van der Waals surface area contributed by atoms with Crippen LogP contribution in [0.4, 0.5) is 4.39 Å². The molecule has 6 heteroatoms. The summed E-state index contributed by atoms with van der Waals surface area (Å²) in [7, 11) is 0. The van der Waals surface area contributed by atoms with Crippen LogP contribution in [0.3, 0.4) is 0 Å². The third kappa shape index (κ3) is 2.85. The Labute approximate surface area is 108 Å². The maximum atomic E-state index is 12.8. The number of imide groups is 1. The zero-order valence-electron chi connectivity index (χ0n) is 10.1. The van der Waals surface area contributed by atoms with Crippen molar-refractivity contribution in [2.75, 3.05) is 6.54 Å². The fourth-order valence-electron chi connectivity index (χ4n) is 1.68. The quantitative estimate of drug-likeness (QED) is 0.756. The van der Waals surface area contributed by atoms with Crippen LogP contribution in [0.2, 0.25) is 0 Å². The molecule has 2 rings (SSSR count). The third-order valence-electron chi connectivity index (χ3n) is 2.61. The molecular weight excluding hydrogens is 251 g/mol. The zero-order valence-corrected chi connectivity index (χ0v) is 10.1. The van der Waals surface area contributed by atoms with Gasteiger partial charge in [-0.15, -0.1) is 0 Å². The molecule has 0 unspecified atom stereocenters. The standard InChI is InChI=1S/C13H11FN2O3/c1-8(17)16-7-12(18)15-11(13(16)19)6-9-2-4-10(14)5-3-9/h2-6H,7H2,1H3,(H,15,18)/b11-6-. The highest BCUT2D eigenvalue weighted by Crippen LogP contribution is 2.12. The van der Waals surface area contributed by atoms with Crippen molar-refractivity contribution < 1.29 is 18.8 Å². The van der Waals surface area contributed by atoms with E-state index in [4.69, 9.17) is 0 Å². The van der Waals surface area contributed by atoms with E-state index in [9.17, 15) is 18.8 Å². The van der Waals surface area contributed by atoms with Crippen LogP contribution in [0, 0.1) is 5.82 Å². The van der Waals surface area contributed by atoms with Gasteiger partial charge in [-0.3, -0.25) is 19.3 Å². The van der Waals surface area contributed by atoms with E-state index in [1.165, 1.54) is 37.3 Å². The van der Waals surface area contributed by atoms with Crippen LogP contribution in [0.25, 0.3) is 6.08 Å². The van der Waals surface area contributed by atoms with Crippen LogP contribution in [-0.4, -0.2) is 29.2 Å². The van der Waals surface area contributed by atoms with E-state index >= 15 is 0 Å². The predicted molar refractivity (Wildman–Crippen MR) is 64.9 cm³/mol. The van der Waals surface area contributed by atoms with Crippen LogP contribution in [-0.2, 0) is 14.4 Å². The largest absolute Gasteiger partial charge is 0.320 e. The van der Waals surface area contributed by atoms with E-state index < -0.39 is 23.5 Å². The van der Waals surface area contributed by atoms with Crippen LogP contribution >= 0.6 is 0 Å². The molecule has 1 aromatic rings. The molecule has 1 aromatic carbocycles. The number of nitrogens with zero attached hydrogens (tertiary/aromatic N) is 1. The highest BCUT2D eigenvalue weighted by atomic mass is 19.1. The van der Waals surface area contributed by atoms with Crippen molar-refractivity contribution in [2.45, 2.75) is 6.92 Å². The van der Waals surface area contributed by atoms with Gasteiger partial charge in [-0.25, -0.2) is 4.39 Å². The summed E-state index contributed by atoms with van der Waals surface area (Å²) in [6.45, 7) is 0.931. The first kappa shape index (κ1) is 12.9. The average molecular weight is 262 g/mol. The molecule has 1 N–H and O–H groups in total. The Kier molecular flexibility index (Phi) is 3.41. The van der Waals surface area contributed by atoms with Crippen molar-refractivity contribution in [1.29, 1.82) is 0 Å². The maximum absolute atomic E-state index is 12.8. The number of carbonyl (C=O) groups excluding carboxylic acids is 3. The number of rotatable bonds is 1. The molecule has 0 atom stereocenters. The fraction of sp³-hybridized carbons (Fsp3) is 0.154. The molecule has 1 saturated heterocycles. The molecule has 1 aliphatic heterocycles. The molecule has 98 valence electrons. The van der Waals surface area contributed by atoms with Gasteiger partial charge in [-0.1, -0.05) is 12.1 Å².